The average Bonchev–Trinajstić information content (AvgIpc) is 3.08. The van der Waals surface area contributed by atoms with Crippen LogP contribution >= 0.6 is 11.8 Å². The summed E-state index contributed by atoms with van der Waals surface area (Å²) in [7, 11) is 4.00. The second-order valence-corrected chi connectivity index (χ2v) is 8.98. The molecule has 3 unspecified atom stereocenters. The fourth-order valence-electron chi connectivity index (χ4n) is 3.20. The maximum atomic E-state index is 12.8. The number of nitriles is 1. The molecule has 1 fully saturated rings. The first kappa shape index (κ1) is 25.6. The Morgan fingerprint density at radius 3 is 2.72 bits per heavy atom. The number of amides is 1. The van der Waals surface area contributed by atoms with E-state index in [0.29, 0.717) is 19.7 Å². The number of rotatable bonds is 13. The lowest BCUT2D eigenvalue weighted by Gasteiger charge is -2.23. The average molecular weight is 461 g/mol. The SMILES string of the molecule is C=CCOC(=O)C(C#N)CC1SC(CNc2ccc(OCCN(C)C)cc2)C(=O)N1CC. The lowest BCUT2D eigenvalue weighted by molar-refractivity contribution is -0.146. The van der Waals surface area contributed by atoms with Gasteiger partial charge in [-0.05, 0) is 45.3 Å². The Bertz CT molecular complexity index is 809. The van der Waals surface area contributed by atoms with E-state index >= 15 is 0 Å². The topological polar surface area (TPSA) is 94.9 Å². The van der Waals surface area contributed by atoms with Crippen LogP contribution in [0.25, 0.3) is 0 Å². The van der Waals surface area contributed by atoms with Gasteiger partial charge in [-0.25, -0.2) is 0 Å². The second-order valence-electron chi connectivity index (χ2n) is 7.60. The van der Waals surface area contributed by atoms with E-state index in [1.807, 2.05) is 51.4 Å². The molecule has 1 saturated heterocycles. The van der Waals surface area contributed by atoms with E-state index in [2.05, 4.69) is 16.8 Å². The molecule has 3 atom stereocenters. The number of hydrogen-bond donors (Lipinski definition) is 1. The van der Waals surface area contributed by atoms with Gasteiger partial charge in [-0.3, -0.25) is 9.59 Å². The van der Waals surface area contributed by atoms with Crippen molar-refractivity contribution in [2.45, 2.75) is 24.0 Å². The normalized spacial score (nSPS) is 18.8. The number of nitrogens with one attached hydrogen (secondary N) is 1. The van der Waals surface area contributed by atoms with Crippen LogP contribution in [0.4, 0.5) is 5.69 Å². The molecule has 9 heteroatoms. The fraction of sp³-hybridized carbons (Fsp3) is 0.522. The van der Waals surface area contributed by atoms with E-state index in [1.165, 1.54) is 17.8 Å². The van der Waals surface area contributed by atoms with Crippen molar-refractivity contribution in [2.24, 2.45) is 5.92 Å². The van der Waals surface area contributed by atoms with E-state index < -0.39 is 11.9 Å². The number of carbonyl (C=O) groups is 2. The van der Waals surface area contributed by atoms with Gasteiger partial charge in [0.2, 0.25) is 5.91 Å². The van der Waals surface area contributed by atoms with Crippen molar-refractivity contribution >= 4 is 29.3 Å². The molecule has 1 N–H and O–H groups in total. The number of benzene rings is 1. The van der Waals surface area contributed by atoms with E-state index in [-0.39, 0.29) is 29.6 Å². The molecule has 1 amide bonds. The molecule has 174 valence electrons. The number of esters is 1. The number of ether oxygens (including phenoxy) is 2. The Morgan fingerprint density at radius 2 is 2.12 bits per heavy atom. The van der Waals surface area contributed by atoms with Crippen molar-refractivity contribution in [3.63, 3.8) is 0 Å². The van der Waals surface area contributed by atoms with Crippen LogP contribution in [0, 0.1) is 17.2 Å². The first-order valence-corrected chi connectivity index (χ1v) is 11.6. The van der Waals surface area contributed by atoms with Crippen LogP contribution in [0.2, 0.25) is 0 Å². The van der Waals surface area contributed by atoms with Crippen LogP contribution in [0.3, 0.4) is 0 Å². The molecule has 0 aliphatic carbocycles. The molecule has 0 saturated carbocycles. The number of anilines is 1. The van der Waals surface area contributed by atoms with Gasteiger partial charge < -0.3 is 24.6 Å². The number of carbonyl (C=O) groups excluding carboxylic acids is 2. The minimum Gasteiger partial charge on any atom is -0.492 e. The van der Waals surface area contributed by atoms with E-state index in [4.69, 9.17) is 9.47 Å². The number of likely N-dealkylation sites (N-methyl/N-ethyl adjacent to an activating group) is 1. The van der Waals surface area contributed by atoms with Crippen LogP contribution in [0.5, 0.6) is 5.75 Å². The van der Waals surface area contributed by atoms with Crippen LogP contribution < -0.4 is 10.1 Å². The zero-order valence-electron chi connectivity index (χ0n) is 19.0. The molecule has 1 aromatic rings. The van der Waals surface area contributed by atoms with Crippen LogP contribution in [-0.4, -0.2) is 79.2 Å². The van der Waals surface area contributed by atoms with Gasteiger partial charge >= 0.3 is 5.97 Å². The molecule has 0 spiro atoms. The summed E-state index contributed by atoms with van der Waals surface area (Å²) in [6.07, 6.45) is 1.70. The predicted octanol–water partition coefficient (Wildman–Crippen LogP) is 2.59. The molecule has 1 aliphatic heterocycles. The maximum Gasteiger partial charge on any atom is 0.323 e. The van der Waals surface area contributed by atoms with Crippen molar-refractivity contribution in [1.29, 1.82) is 5.26 Å². The fourth-order valence-corrected chi connectivity index (χ4v) is 4.71. The maximum absolute atomic E-state index is 12.8. The van der Waals surface area contributed by atoms with Gasteiger partial charge in [-0.2, -0.15) is 5.26 Å². The highest BCUT2D eigenvalue weighted by Gasteiger charge is 2.41. The Kier molecular flexibility index (Phi) is 10.4. The third kappa shape index (κ3) is 7.46. The van der Waals surface area contributed by atoms with E-state index in [0.717, 1.165) is 18.0 Å². The highest BCUT2D eigenvalue weighted by molar-refractivity contribution is 8.01. The first-order chi connectivity index (χ1) is 15.4. The Morgan fingerprint density at radius 1 is 1.41 bits per heavy atom. The lowest BCUT2D eigenvalue weighted by Crippen LogP contribution is -2.37. The summed E-state index contributed by atoms with van der Waals surface area (Å²) >= 11 is 1.48. The largest absolute Gasteiger partial charge is 0.492 e. The van der Waals surface area contributed by atoms with Crippen molar-refractivity contribution < 1.29 is 19.1 Å². The van der Waals surface area contributed by atoms with Gasteiger partial charge in [-0.15, -0.1) is 11.8 Å². The minimum atomic E-state index is -0.916. The van der Waals surface area contributed by atoms with Crippen LogP contribution in [0.1, 0.15) is 13.3 Å². The molecular formula is C23H32N4O4S. The van der Waals surface area contributed by atoms with Gasteiger partial charge in [0.1, 0.15) is 30.1 Å². The standard InChI is InChI=1S/C23H32N4O4S/c1-5-12-31-23(29)17(15-24)14-21-27(6-2)22(28)20(32-21)16-25-18-7-9-19(10-8-18)30-13-11-26(3)4/h5,7-10,17,20-21,25H,1,6,11-14,16H2,2-4H3. The van der Waals surface area contributed by atoms with Gasteiger partial charge in [0.25, 0.3) is 0 Å². The Labute approximate surface area is 194 Å². The molecule has 1 heterocycles. The number of nitrogens with zero attached hydrogens (tertiary/aromatic N) is 3. The third-order valence-corrected chi connectivity index (χ3v) is 6.40. The highest BCUT2D eigenvalue weighted by Crippen LogP contribution is 2.35. The number of thioether (sulfide) groups is 1. The summed E-state index contributed by atoms with van der Waals surface area (Å²) < 4.78 is 10.7. The zero-order valence-corrected chi connectivity index (χ0v) is 19.8. The van der Waals surface area contributed by atoms with Gasteiger partial charge in [0.05, 0.1) is 11.4 Å². The van der Waals surface area contributed by atoms with Crippen molar-refractivity contribution in [2.75, 3.05) is 52.3 Å². The van der Waals surface area contributed by atoms with Crippen LogP contribution in [-0.2, 0) is 14.3 Å². The first-order valence-electron chi connectivity index (χ1n) is 10.6. The smallest absolute Gasteiger partial charge is 0.323 e. The molecule has 0 bridgehead atoms. The van der Waals surface area contributed by atoms with Crippen LogP contribution in [0.15, 0.2) is 36.9 Å². The zero-order chi connectivity index (χ0) is 23.5. The van der Waals surface area contributed by atoms with E-state index in [9.17, 15) is 14.9 Å². The monoisotopic (exact) mass is 460 g/mol. The predicted molar refractivity (Wildman–Crippen MR) is 126 cm³/mol. The van der Waals surface area contributed by atoms with Gasteiger partial charge in [0.15, 0.2) is 0 Å². The van der Waals surface area contributed by atoms with Crippen molar-refractivity contribution in [3.8, 4) is 11.8 Å². The summed E-state index contributed by atoms with van der Waals surface area (Å²) in [5.41, 5.74) is 0.896. The second kappa shape index (κ2) is 13.0. The quantitative estimate of drug-likeness (QED) is 0.355. The summed E-state index contributed by atoms with van der Waals surface area (Å²) in [6.45, 7) is 7.90. The third-order valence-electron chi connectivity index (χ3n) is 4.94. The Balaban J connectivity index is 1.90. The molecule has 1 aromatic carbocycles. The molecule has 0 aromatic heterocycles. The summed E-state index contributed by atoms with van der Waals surface area (Å²) in [4.78, 5) is 28.7. The highest BCUT2D eigenvalue weighted by atomic mass is 32.2. The molecule has 2 rings (SSSR count). The minimum absolute atomic E-state index is 0.00906. The van der Waals surface area contributed by atoms with Gasteiger partial charge in [-0.1, -0.05) is 12.7 Å². The molecule has 0 radical (unpaired) electrons. The summed E-state index contributed by atoms with van der Waals surface area (Å²) in [6, 6.07) is 9.65. The molecular weight excluding hydrogens is 428 g/mol. The Hall–Kier alpha value is -2.70. The van der Waals surface area contributed by atoms with Crippen molar-refractivity contribution in [3.05, 3.63) is 36.9 Å². The molecule has 1 aliphatic rings. The molecule has 32 heavy (non-hydrogen) atoms. The van der Waals surface area contributed by atoms with Gasteiger partial charge in [0, 0.05) is 31.7 Å². The number of hydrogen-bond acceptors (Lipinski definition) is 8. The summed E-state index contributed by atoms with van der Waals surface area (Å²) in [5.74, 6) is -0.686. The lowest BCUT2D eigenvalue weighted by atomic mass is 10.1. The van der Waals surface area contributed by atoms with Crippen molar-refractivity contribution in [1.82, 2.24) is 9.80 Å². The molecule has 8 nitrogen and oxygen atoms in total. The van der Waals surface area contributed by atoms with E-state index in [1.54, 1.807) is 4.90 Å². The summed E-state index contributed by atoms with van der Waals surface area (Å²) in [5, 5.41) is 12.2.